The van der Waals surface area contributed by atoms with Crippen LogP contribution in [0.15, 0.2) is 29.3 Å². The topological polar surface area (TPSA) is 54.9 Å². The predicted octanol–water partition coefficient (Wildman–Crippen LogP) is 2.45. The third-order valence-corrected chi connectivity index (χ3v) is 3.63. The van der Waals surface area contributed by atoms with Gasteiger partial charge in [-0.25, -0.2) is 9.97 Å². The third-order valence-electron chi connectivity index (χ3n) is 2.95. The first-order valence-corrected chi connectivity index (χ1v) is 6.76. The molecule has 5 heteroatoms. The van der Waals surface area contributed by atoms with Crippen molar-refractivity contribution < 1.29 is 4.79 Å². The molecule has 1 N–H and O–H groups in total. The van der Waals surface area contributed by atoms with Gasteiger partial charge in [0.2, 0.25) is 5.95 Å². The van der Waals surface area contributed by atoms with Gasteiger partial charge in [-0.1, -0.05) is 24.3 Å². The number of hydrogen-bond donors (Lipinski definition) is 1. The van der Waals surface area contributed by atoms with E-state index in [0.29, 0.717) is 17.1 Å². The van der Waals surface area contributed by atoms with Crippen molar-refractivity contribution in [2.24, 2.45) is 0 Å². The van der Waals surface area contributed by atoms with Crippen molar-refractivity contribution in [3.63, 3.8) is 0 Å². The Labute approximate surface area is 109 Å². The van der Waals surface area contributed by atoms with E-state index in [1.165, 1.54) is 11.8 Å². The Morgan fingerprint density at radius 1 is 1.17 bits per heavy atom. The molecule has 1 heterocycles. The summed E-state index contributed by atoms with van der Waals surface area (Å²) in [4.78, 5) is 21.1. The van der Waals surface area contributed by atoms with E-state index in [-0.39, 0.29) is 5.78 Å². The monoisotopic (exact) mass is 257 g/mol. The Kier molecular flexibility index (Phi) is 2.56. The zero-order chi connectivity index (χ0) is 12.7. The predicted molar refractivity (Wildman–Crippen MR) is 72.2 cm³/mol. The van der Waals surface area contributed by atoms with Crippen molar-refractivity contribution in [2.75, 3.05) is 18.6 Å². The molecule has 0 saturated carbocycles. The van der Waals surface area contributed by atoms with Crippen LogP contribution in [0.3, 0.4) is 0 Å². The second kappa shape index (κ2) is 4.10. The van der Waals surface area contributed by atoms with Gasteiger partial charge in [0.1, 0.15) is 5.03 Å². The van der Waals surface area contributed by atoms with Gasteiger partial charge >= 0.3 is 0 Å². The Balaban J connectivity index is 2.34. The molecule has 0 fully saturated rings. The fourth-order valence-corrected chi connectivity index (χ4v) is 2.69. The molecule has 0 saturated heterocycles. The summed E-state index contributed by atoms with van der Waals surface area (Å²) >= 11 is 1.47. The second-order valence-electron chi connectivity index (χ2n) is 3.90. The van der Waals surface area contributed by atoms with E-state index < -0.39 is 0 Å². The molecule has 0 atom stereocenters. The van der Waals surface area contributed by atoms with Gasteiger partial charge in [0.15, 0.2) is 5.78 Å². The van der Waals surface area contributed by atoms with Gasteiger partial charge in [-0.3, -0.25) is 4.79 Å². The van der Waals surface area contributed by atoms with Gasteiger partial charge in [-0.05, 0) is 6.26 Å². The minimum absolute atomic E-state index is 0.0209. The number of benzene rings is 1. The summed E-state index contributed by atoms with van der Waals surface area (Å²) in [6, 6.07) is 7.55. The van der Waals surface area contributed by atoms with Gasteiger partial charge in [0.05, 0.1) is 11.3 Å². The molecule has 0 amide bonds. The lowest BCUT2D eigenvalue weighted by atomic mass is 10.1. The summed E-state index contributed by atoms with van der Waals surface area (Å²) in [7, 11) is 1.77. The van der Waals surface area contributed by atoms with Crippen molar-refractivity contribution >= 4 is 23.5 Å². The molecule has 0 unspecified atom stereocenters. The number of nitrogens with zero attached hydrogens (tertiary/aromatic N) is 2. The molecule has 18 heavy (non-hydrogen) atoms. The molecule has 0 radical (unpaired) electrons. The number of nitrogens with one attached hydrogen (secondary N) is 1. The van der Waals surface area contributed by atoms with E-state index in [1.54, 1.807) is 7.05 Å². The summed E-state index contributed by atoms with van der Waals surface area (Å²) in [6.07, 6.45) is 1.92. The molecule has 4 nitrogen and oxygen atoms in total. The van der Waals surface area contributed by atoms with Crippen LogP contribution < -0.4 is 5.32 Å². The van der Waals surface area contributed by atoms with E-state index in [0.717, 1.165) is 16.3 Å². The van der Waals surface area contributed by atoms with Gasteiger partial charge < -0.3 is 5.32 Å². The molecule has 90 valence electrons. The van der Waals surface area contributed by atoms with Crippen molar-refractivity contribution in [1.82, 2.24) is 9.97 Å². The minimum atomic E-state index is 0.0209. The lowest BCUT2D eigenvalue weighted by Crippen LogP contribution is -2.04. The molecule has 3 rings (SSSR count). The molecule has 0 aliphatic heterocycles. The lowest BCUT2D eigenvalue weighted by Gasteiger charge is -2.06. The SMILES string of the molecule is CNc1nc(SC)c2c(n1)-c1ccccc1C2=O. The van der Waals surface area contributed by atoms with Crippen LogP contribution in [0.1, 0.15) is 15.9 Å². The molecular weight excluding hydrogens is 246 g/mol. The summed E-state index contributed by atoms with van der Waals surface area (Å²) in [5, 5.41) is 3.66. The first kappa shape index (κ1) is 11.2. The Morgan fingerprint density at radius 3 is 2.56 bits per heavy atom. The van der Waals surface area contributed by atoms with Gasteiger partial charge in [-0.15, -0.1) is 11.8 Å². The molecule has 0 bridgehead atoms. The van der Waals surface area contributed by atoms with Crippen molar-refractivity contribution in [3.05, 3.63) is 35.4 Å². The first-order valence-electron chi connectivity index (χ1n) is 5.54. The number of ketones is 1. The van der Waals surface area contributed by atoms with Crippen molar-refractivity contribution in [2.45, 2.75) is 5.03 Å². The number of anilines is 1. The van der Waals surface area contributed by atoms with E-state index in [2.05, 4.69) is 15.3 Å². The Bertz CT molecular complexity index is 655. The number of hydrogen-bond acceptors (Lipinski definition) is 5. The Hall–Kier alpha value is -1.88. The highest BCUT2D eigenvalue weighted by molar-refractivity contribution is 7.98. The molecular formula is C13H11N3OS. The van der Waals surface area contributed by atoms with Crippen LogP contribution in [-0.2, 0) is 0 Å². The highest BCUT2D eigenvalue weighted by atomic mass is 32.2. The highest BCUT2D eigenvalue weighted by Gasteiger charge is 2.31. The van der Waals surface area contributed by atoms with E-state index >= 15 is 0 Å². The van der Waals surface area contributed by atoms with Gasteiger partial charge in [0, 0.05) is 18.2 Å². The number of thioether (sulfide) groups is 1. The molecule has 2 aromatic rings. The summed E-state index contributed by atoms with van der Waals surface area (Å²) in [6.45, 7) is 0. The summed E-state index contributed by atoms with van der Waals surface area (Å²) < 4.78 is 0. The van der Waals surface area contributed by atoms with Crippen LogP contribution in [0, 0.1) is 0 Å². The van der Waals surface area contributed by atoms with Crippen LogP contribution in [0.4, 0.5) is 5.95 Å². The Morgan fingerprint density at radius 2 is 1.89 bits per heavy atom. The maximum absolute atomic E-state index is 12.4. The van der Waals surface area contributed by atoms with Crippen molar-refractivity contribution in [3.8, 4) is 11.3 Å². The lowest BCUT2D eigenvalue weighted by molar-refractivity contribution is 0.104. The van der Waals surface area contributed by atoms with Crippen LogP contribution >= 0.6 is 11.8 Å². The molecule has 1 aliphatic carbocycles. The molecule has 1 aromatic carbocycles. The van der Waals surface area contributed by atoms with Crippen LogP contribution in [0.5, 0.6) is 0 Å². The van der Waals surface area contributed by atoms with Gasteiger partial charge in [-0.2, -0.15) is 0 Å². The highest BCUT2D eigenvalue weighted by Crippen LogP contribution is 2.39. The maximum Gasteiger partial charge on any atom is 0.224 e. The quantitative estimate of drug-likeness (QED) is 0.564. The number of rotatable bonds is 2. The van der Waals surface area contributed by atoms with Gasteiger partial charge in [0.25, 0.3) is 0 Å². The van der Waals surface area contributed by atoms with Crippen LogP contribution in [0.2, 0.25) is 0 Å². The van der Waals surface area contributed by atoms with Crippen LogP contribution in [0.25, 0.3) is 11.3 Å². The van der Waals surface area contributed by atoms with E-state index in [4.69, 9.17) is 0 Å². The van der Waals surface area contributed by atoms with E-state index in [9.17, 15) is 4.79 Å². The molecule has 0 spiro atoms. The zero-order valence-electron chi connectivity index (χ0n) is 10.0. The largest absolute Gasteiger partial charge is 0.357 e. The van der Waals surface area contributed by atoms with Crippen molar-refractivity contribution in [1.29, 1.82) is 0 Å². The molecule has 1 aliphatic rings. The number of aromatic nitrogens is 2. The fourth-order valence-electron chi connectivity index (χ4n) is 2.12. The second-order valence-corrected chi connectivity index (χ2v) is 4.70. The number of fused-ring (bicyclic) bond motifs is 3. The average Bonchev–Trinajstić information content (AvgIpc) is 2.72. The number of carbonyl (C=O) groups excluding carboxylic acids is 1. The number of carbonyl (C=O) groups is 1. The summed E-state index contributed by atoms with van der Waals surface area (Å²) in [5.74, 6) is 0.565. The smallest absolute Gasteiger partial charge is 0.224 e. The third kappa shape index (κ3) is 1.44. The maximum atomic E-state index is 12.4. The fraction of sp³-hybridized carbons (Fsp3) is 0.154. The average molecular weight is 257 g/mol. The minimum Gasteiger partial charge on any atom is -0.357 e. The standard InChI is InChI=1S/C13H11N3OS/c1-14-13-15-10-7-5-3-4-6-8(7)11(17)9(10)12(16-13)18-2/h3-6H,1-2H3,(H,14,15,16). The van der Waals surface area contributed by atoms with Crippen LogP contribution in [-0.4, -0.2) is 29.1 Å². The normalized spacial score (nSPS) is 12.2. The zero-order valence-corrected chi connectivity index (χ0v) is 10.8. The van der Waals surface area contributed by atoms with E-state index in [1.807, 2.05) is 30.5 Å². The molecule has 1 aromatic heterocycles. The first-order chi connectivity index (χ1) is 8.76. The summed E-state index contributed by atoms with van der Waals surface area (Å²) in [5.41, 5.74) is 2.97.